The van der Waals surface area contributed by atoms with Crippen molar-refractivity contribution in [3.8, 4) is 22.5 Å². The third kappa shape index (κ3) is 6.25. The third-order valence-corrected chi connectivity index (χ3v) is 8.64. The summed E-state index contributed by atoms with van der Waals surface area (Å²) >= 11 is 0. The Morgan fingerprint density at radius 3 is 2.10 bits per heavy atom. The molecule has 0 aromatic heterocycles. The number of anilines is 1. The van der Waals surface area contributed by atoms with E-state index in [4.69, 9.17) is 4.42 Å². The summed E-state index contributed by atoms with van der Waals surface area (Å²) in [7, 11) is -10.2. The summed E-state index contributed by atoms with van der Waals surface area (Å²) in [6, 6.07) is 14.7. The summed E-state index contributed by atoms with van der Waals surface area (Å²) in [5.74, 6) is 0.541. The number of benzene rings is 3. The van der Waals surface area contributed by atoms with E-state index in [2.05, 4.69) is 37.2 Å². The molecular formula is C27H30N2NaO7S2+. The van der Waals surface area contributed by atoms with Gasteiger partial charge in [0.15, 0.2) is 0 Å². The predicted octanol–water partition coefficient (Wildman–Crippen LogP) is 1.02. The van der Waals surface area contributed by atoms with Crippen molar-refractivity contribution in [2.24, 2.45) is 0 Å². The summed E-state index contributed by atoms with van der Waals surface area (Å²) in [6.45, 7) is 11.4. The number of fused-ring (bicyclic) bond motifs is 2. The van der Waals surface area contributed by atoms with Crippen molar-refractivity contribution in [1.29, 1.82) is 0 Å². The minimum absolute atomic E-state index is 0. The molecule has 1 heterocycles. The van der Waals surface area contributed by atoms with Crippen molar-refractivity contribution in [2.75, 3.05) is 31.1 Å². The molecule has 0 unspecified atom stereocenters. The van der Waals surface area contributed by atoms with Crippen LogP contribution in [0, 0.1) is 0 Å². The van der Waals surface area contributed by atoms with E-state index in [0.717, 1.165) is 49.4 Å². The van der Waals surface area contributed by atoms with Crippen LogP contribution in [-0.4, -0.2) is 52.1 Å². The van der Waals surface area contributed by atoms with Crippen molar-refractivity contribution in [3.63, 3.8) is 0 Å². The van der Waals surface area contributed by atoms with Crippen molar-refractivity contribution >= 4 is 36.9 Å². The van der Waals surface area contributed by atoms with Crippen LogP contribution in [0.1, 0.15) is 27.7 Å². The van der Waals surface area contributed by atoms with E-state index in [-0.39, 0.29) is 29.6 Å². The van der Waals surface area contributed by atoms with Gasteiger partial charge in [0.25, 0.3) is 10.1 Å². The van der Waals surface area contributed by atoms with E-state index in [0.29, 0.717) is 33.4 Å². The van der Waals surface area contributed by atoms with E-state index in [1.54, 1.807) is 0 Å². The number of nitrogens with zero attached hydrogens (tertiary/aromatic N) is 2. The second-order valence-corrected chi connectivity index (χ2v) is 11.5. The monoisotopic (exact) mass is 581 g/mol. The van der Waals surface area contributed by atoms with Crippen LogP contribution in [0.4, 0.5) is 5.69 Å². The van der Waals surface area contributed by atoms with Gasteiger partial charge < -0.3 is 13.9 Å². The summed E-state index contributed by atoms with van der Waals surface area (Å²) in [6.07, 6.45) is 0. The second kappa shape index (κ2) is 12.1. The first kappa shape index (κ1) is 31.3. The molecule has 0 saturated heterocycles. The second-order valence-electron chi connectivity index (χ2n) is 8.77. The minimum Gasteiger partial charge on any atom is -0.744 e. The average molecular weight is 582 g/mol. The van der Waals surface area contributed by atoms with Crippen LogP contribution in [0.3, 0.4) is 0 Å². The van der Waals surface area contributed by atoms with Gasteiger partial charge in [-0.3, -0.25) is 4.55 Å². The maximum absolute atomic E-state index is 12.0. The zero-order chi connectivity index (χ0) is 27.8. The fraction of sp³-hybridized carbons (Fsp3) is 0.296. The van der Waals surface area contributed by atoms with Crippen LogP contribution in [0.2, 0.25) is 0 Å². The van der Waals surface area contributed by atoms with Crippen LogP contribution in [0.25, 0.3) is 33.4 Å². The van der Waals surface area contributed by atoms with Crippen LogP contribution < -0.4 is 44.4 Å². The van der Waals surface area contributed by atoms with Gasteiger partial charge in [0.2, 0.25) is 5.36 Å². The molecule has 1 N–H and O–H groups in total. The smallest absolute Gasteiger partial charge is 0.744 e. The van der Waals surface area contributed by atoms with Crippen LogP contribution in [0.15, 0.2) is 68.8 Å². The van der Waals surface area contributed by atoms with Gasteiger partial charge in [0, 0.05) is 47.4 Å². The number of hydrogen-bond acceptors (Lipinski definition) is 7. The van der Waals surface area contributed by atoms with Gasteiger partial charge in [0.1, 0.15) is 39.4 Å². The van der Waals surface area contributed by atoms with Gasteiger partial charge in [-0.2, -0.15) is 8.42 Å². The van der Waals surface area contributed by atoms with Gasteiger partial charge in [-0.25, -0.2) is 13.0 Å². The molecule has 1 aliphatic heterocycles. The van der Waals surface area contributed by atoms with Crippen LogP contribution in [0.5, 0.6) is 0 Å². The first-order chi connectivity index (χ1) is 17.9. The van der Waals surface area contributed by atoms with Crippen LogP contribution in [-0.2, 0) is 20.2 Å². The molecule has 39 heavy (non-hydrogen) atoms. The summed E-state index contributed by atoms with van der Waals surface area (Å²) in [4.78, 5) is 0.186. The van der Waals surface area contributed by atoms with Gasteiger partial charge in [0.05, 0.1) is 11.0 Å². The summed E-state index contributed by atoms with van der Waals surface area (Å²) < 4.78 is 77.8. The predicted molar refractivity (Wildman–Crippen MR) is 146 cm³/mol. The Kier molecular flexibility index (Phi) is 9.70. The fourth-order valence-corrected chi connectivity index (χ4v) is 6.58. The van der Waals surface area contributed by atoms with Crippen molar-refractivity contribution < 1.29 is 59.9 Å². The molecule has 1 aliphatic carbocycles. The first-order valence-electron chi connectivity index (χ1n) is 12.3. The molecule has 0 amide bonds. The molecule has 0 radical (unpaired) electrons. The SMILES string of the molecule is CCN(CC)c1ccc2c(-c3ccc(S(=O)(=O)O)c(S(=O)(=O)[O-])c3)c3ccc(=[N+](CC)CC)cc-3oc2c1.[Na+]. The van der Waals surface area contributed by atoms with E-state index < -0.39 is 30.0 Å². The Labute approximate surface area is 250 Å². The molecule has 4 rings (SSSR count). The van der Waals surface area contributed by atoms with Gasteiger partial charge in [-0.1, -0.05) is 6.07 Å². The topological polar surface area (TPSA) is 131 Å². The molecule has 2 aromatic carbocycles. The Balaban J connectivity index is 0.00000420. The molecule has 0 spiro atoms. The standard InChI is InChI=1S/C27H30N2O7S2.Na/c1-5-28(6-2)19-10-12-21-23(16-19)36-24-17-20(29(7-3)8-4)11-13-22(24)27(21)18-9-14-25(37(30,31)32)26(15-18)38(33,34)35;/h9-17H,5-8H2,1-4H3,(H-,30,31,32,33,34,35);/q;+1. The van der Waals surface area contributed by atoms with Crippen molar-refractivity contribution in [3.05, 3.63) is 60.0 Å². The molecule has 9 nitrogen and oxygen atoms in total. The van der Waals surface area contributed by atoms with Gasteiger partial charge in [-0.05, 0) is 63.6 Å². The number of hydrogen-bond donors (Lipinski definition) is 1. The normalized spacial score (nSPS) is 11.9. The van der Waals surface area contributed by atoms with Gasteiger partial charge >= 0.3 is 29.6 Å². The van der Waals surface area contributed by atoms with E-state index in [9.17, 15) is 25.9 Å². The largest absolute Gasteiger partial charge is 1.00 e. The molecule has 202 valence electrons. The summed E-state index contributed by atoms with van der Waals surface area (Å²) in [5, 5.41) is 1.60. The molecular weight excluding hydrogens is 551 g/mol. The zero-order valence-corrected chi connectivity index (χ0v) is 26.3. The maximum Gasteiger partial charge on any atom is 1.00 e. The van der Waals surface area contributed by atoms with Crippen LogP contribution >= 0.6 is 0 Å². The maximum atomic E-state index is 12.0. The Morgan fingerprint density at radius 1 is 0.872 bits per heavy atom. The molecule has 2 aliphatic rings. The van der Waals surface area contributed by atoms with Gasteiger partial charge in [-0.15, -0.1) is 0 Å². The molecule has 0 bridgehead atoms. The molecule has 12 heteroatoms. The number of rotatable bonds is 8. The zero-order valence-electron chi connectivity index (χ0n) is 22.6. The van der Waals surface area contributed by atoms with Crippen molar-refractivity contribution in [1.82, 2.24) is 4.58 Å². The molecule has 0 atom stereocenters. The first-order valence-corrected chi connectivity index (χ1v) is 15.2. The van der Waals surface area contributed by atoms with E-state index in [1.807, 2.05) is 36.4 Å². The Bertz CT molecular complexity index is 1770. The Hall–Kier alpha value is -2.25. The fourth-order valence-electron chi connectivity index (χ4n) is 4.82. The summed E-state index contributed by atoms with van der Waals surface area (Å²) in [5.41, 5.74) is 3.01. The van der Waals surface area contributed by atoms with E-state index in [1.165, 1.54) is 6.07 Å². The molecule has 2 aromatic rings. The van der Waals surface area contributed by atoms with E-state index >= 15 is 0 Å². The quantitative estimate of drug-likeness (QED) is 0.141. The minimum atomic E-state index is -5.23. The average Bonchev–Trinajstić information content (AvgIpc) is 2.87. The van der Waals surface area contributed by atoms with Crippen molar-refractivity contribution in [2.45, 2.75) is 37.5 Å². The Morgan fingerprint density at radius 2 is 1.54 bits per heavy atom. The molecule has 0 fully saturated rings. The third-order valence-electron chi connectivity index (χ3n) is 6.73. The molecule has 0 saturated carbocycles.